The van der Waals surface area contributed by atoms with Crippen molar-refractivity contribution in [2.24, 2.45) is 4.99 Å². The molecule has 30 heavy (non-hydrogen) atoms. The van der Waals surface area contributed by atoms with Crippen LogP contribution in [0.1, 0.15) is 24.5 Å². The van der Waals surface area contributed by atoms with Gasteiger partial charge in [-0.1, -0.05) is 43.3 Å². The summed E-state index contributed by atoms with van der Waals surface area (Å²) in [5.41, 5.74) is 9.12. The predicted molar refractivity (Wildman–Crippen MR) is 118 cm³/mol. The molecule has 0 radical (unpaired) electrons. The van der Waals surface area contributed by atoms with Crippen molar-refractivity contribution in [3.8, 4) is 11.5 Å². The lowest BCUT2D eigenvalue weighted by Gasteiger charge is -2.14. The van der Waals surface area contributed by atoms with E-state index in [1.165, 1.54) is 0 Å². The van der Waals surface area contributed by atoms with E-state index in [9.17, 15) is 5.11 Å². The number of nitrogens with one attached hydrogen (secondary N) is 1. The van der Waals surface area contributed by atoms with E-state index < -0.39 is 6.08 Å². The van der Waals surface area contributed by atoms with Gasteiger partial charge in [0.15, 0.2) is 6.08 Å². The Hall–Kier alpha value is -3.51. The first-order valence-corrected chi connectivity index (χ1v) is 9.93. The fourth-order valence-corrected chi connectivity index (χ4v) is 2.81. The van der Waals surface area contributed by atoms with Crippen LogP contribution in [0.5, 0.6) is 11.5 Å². The van der Waals surface area contributed by atoms with E-state index in [-0.39, 0.29) is 6.61 Å². The number of nitrogens with two attached hydrogens (primary N) is 1. The van der Waals surface area contributed by atoms with Crippen LogP contribution < -0.4 is 20.9 Å². The summed E-state index contributed by atoms with van der Waals surface area (Å²) >= 11 is 0. The van der Waals surface area contributed by atoms with Gasteiger partial charge in [0.25, 0.3) is 0 Å². The van der Waals surface area contributed by atoms with Gasteiger partial charge in [-0.05, 0) is 54.4 Å². The Balaban J connectivity index is 1.64. The van der Waals surface area contributed by atoms with Crippen LogP contribution in [0.4, 0.5) is 11.4 Å². The van der Waals surface area contributed by atoms with Gasteiger partial charge in [-0.2, -0.15) is 0 Å². The van der Waals surface area contributed by atoms with Gasteiger partial charge in [-0.3, -0.25) is 0 Å². The third-order valence-electron chi connectivity index (χ3n) is 4.34. The van der Waals surface area contributed by atoms with Crippen molar-refractivity contribution in [3.63, 3.8) is 0 Å². The molecule has 0 saturated heterocycles. The Labute approximate surface area is 177 Å². The molecular weight excluding hydrogens is 378 g/mol. The molecular formula is C24H26N3O3-. The molecule has 3 aromatic rings. The maximum Gasteiger partial charge on any atom is 0.151 e. The van der Waals surface area contributed by atoms with Crippen LogP contribution in [-0.2, 0) is 17.9 Å². The van der Waals surface area contributed by atoms with E-state index in [0.717, 1.165) is 29.8 Å². The van der Waals surface area contributed by atoms with Gasteiger partial charge in [0, 0.05) is 24.9 Å². The summed E-state index contributed by atoms with van der Waals surface area (Å²) in [6, 6.07) is 22.0. The first-order valence-electron chi connectivity index (χ1n) is 9.93. The van der Waals surface area contributed by atoms with Crippen LogP contribution >= 0.6 is 0 Å². The van der Waals surface area contributed by atoms with Gasteiger partial charge in [-0.25, -0.2) is 4.99 Å². The molecule has 0 unspecified atom stereocenters. The second kappa shape index (κ2) is 10.9. The summed E-state index contributed by atoms with van der Waals surface area (Å²) < 4.78 is 11.1. The summed E-state index contributed by atoms with van der Waals surface area (Å²) in [6.45, 7) is 3.90. The minimum absolute atomic E-state index is 0.180. The zero-order valence-electron chi connectivity index (χ0n) is 17.0. The number of anilines is 1. The molecule has 3 N–H and O–H groups in total. The zero-order valence-corrected chi connectivity index (χ0v) is 17.0. The first-order chi connectivity index (χ1) is 14.6. The number of ether oxygens (including phenoxy) is 2. The van der Waals surface area contributed by atoms with Gasteiger partial charge >= 0.3 is 0 Å². The molecule has 0 amide bonds. The van der Waals surface area contributed by atoms with Crippen molar-refractivity contribution in [1.29, 1.82) is 0 Å². The molecule has 6 nitrogen and oxygen atoms in total. The second-order valence-electron chi connectivity index (χ2n) is 6.79. The van der Waals surface area contributed by atoms with Crippen molar-refractivity contribution in [3.05, 3.63) is 83.9 Å². The van der Waals surface area contributed by atoms with E-state index >= 15 is 0 Å². The smallest absolute Gasteiger partial charge is 0.151 e. The van der Waals surface area contributed by atoms with Crippen LogP contribution in [-0.4, -0.2) is 12.6 Å². The Morgan fingerprint density at radius 2 is 1.80 bits per heavy atom. The van der Waals surface area contributed by atoms with Crippen molar-refractivity contribution < 1.29 is 14.6 Å². The van der Waals surface area contributed by atoms with Crippen molar-refractivity contribution >= 4 is 17.5 Å². The van der Waals surface area contributed by atoms with E-state index in [4.69, 9.17) is 15.2 Å². The van der Waals surface area contributed by atoms with Crippen LogP contribution in [0, 0.1) is 0 Å². The van der Waals surface area contributed by atoms with E-state index in [2.05, 4.69) is 17.2 Å². The Morgan fingerprint density at radius 1 is 1.00 bits per heavy atom. The molecule has 0 atom stereocenters. The quantitative estimate of drug-likeness (QED) is 0.242. The van der Waals surface area contributed by atoms with Crippen molar-refractivity contribution in [2.75, 3.05) is 12.3 Å². The molecule has 0 heterocycles. The summed E-state index contributed by atoms with van der Waals surface area (Å²) in [6.07, 6.45) is 0.410. The highest BCUT2D eigenvalue weighted by atomic mass is 16.6. The number of nitrogen functional groups attached to an aromatic ring is 1. The minimum Gasteiger partial charge on any atom is -0.595 e. The molecule has 0 spiro atoms. The Kier molecular flexibility index (Phi) is 7.69. The molecule has 3 aromatic carbocycles. The number of benzene rings is 3. The van der Waals surface area contributed by atoms with Gasteiger partial charge in [0.1, 0.15) is 11.5 Å². The normalized spacial score (nSPS) is 11.3. The summed E-state index contributed by atoms with van der Waals surface area (Å²) in [5.74, 6) is 1.24. The number of hydrogen-bond acceptors (Lipinski definition) is 6. The standard InChI is InChI=1S/C24H27N3O3/c1-2-13-26-16-19-14-22(11-12-23(19)25)30-21-10-6-9-20(15-21)27-24(28)29-17-18-7-4-3-5-8-18/h3-12,14-15,26H,2,13,16-17,25H2,1H3,(H,27,28)/p-1. The largest absolute Gasteiger partial charge is 0.595 e. The van der Waals surface area contributed by atoms with E-state index in [1.807, 2.05) is 48.5 Å². The van der Waals surface area contributed by atoms with Crippen LogP contribution in [0.15, 0.2) is 77.8 Å². The molecule has 0 aliphatic carbocycles. The topological polar surface area (TPSA) is 91.9 Å². The van der Waals surface area contributed by atoms with Crippen LogP contribution in [0.3, 0.4) is 0 Å². The number of aliphatic imine (C=N–C) groups is 1. The fraction of sp³-hybridized carbons (Fsp3) is 0.208. The molecule has 0 saturated carbocycles. The maximum absolute atomic E-state index is 12.0. The van der Waals surface area contributed by atoms with Crippen LogP contribution in [0.25, 0.3) is 0 Å². The molecule has 6 heteroatoms. The molecule has 0 fully saturated rings. The minimum atomic E-state index is -0.646. The average Bonchev–Trinajstić information content (AvgIpc) is 2.76. The SMILES string of the molecule is CCCNCc1cc(Oc2cccc(N=C([O-])OCc3ccccc3)c2)ccc1N. The molecule has 0 aliphatic rings. The lowest BCUT2D eigenvalue weighted by Crippen LogP contribution is -2.20. The van der Waals surface area contributed by atoms with Crippen molar-refractivity contribution in [1.82, 2.24) is 5.32 Å². The number of hydrogen-bond donors (Lipinski definition) is 2. The maximum atomic E-state index is 12.0. The molecule has 156 valence electrons. The second-order valence-corrected chi connectivity index (χ2v) is 6.79. The third kappa shape index (κ3) is 6.53. The van der Waals surface area contributed by atoms with Gasteiger partial charge in [0.2, 0.25) is 0 Å². The fourth-order valence-electron chi connectivity index (χ4n) is 2.81. The highest BCUT2D eigenvalue weighted by Crippen LogP contribution is 2.28. The zero-order chi connectivity index (χ0) is 21.2. The molecule has 3 rings (SSSR count). The van der Waals surface area contributed by atoms with Crippen LogP contribution in [0.2, 0.25) is 0 Å². The highest BCUT2D eigenvalue weighted by Gasteiger charge is 2.04. The molecule has 0 aliphatic heterocycles. The highest BCUT2D eigenvalue weighted by molar-refractivity contribution is 5.67. The third-order valence-corrected chi connectivity index (χ3v) is 4.34. The Bertz CT molecular complexity index is 974. The number of rotatable bonds is 9. The molecule has 0 aromatic heterocycles. The molecule has 0 bridgehead atoms. The predicted octanol–water partition coefficient (Wildman–Crippen LogP) is 4.13. The van der Waals surface area contributed by atoms with E-state index in [0.29, 0.717) is 23.7 Å². The lowest BCUT2D eigenvalue weighted by atomic mass is 10.1. The van der Waals surface area contributed by atoms with Gasteiger partial charge in [-0.15, -0.1) is 0 Å². The van der Waals surface area contributed by atoms with Crippen molar-refractivity contribution in [2.45, 2.75) is 26.5 Å². The summed E-state index contributed by atoms with van der Waals surface area (Å²) in [5, 5.41) is 15.3. The number of nitrogens with zero attached hydrogens (tertiary/aromatic N) is 1. The van der Waals surface area contributed by atoms with Gasteiger partial charge < -0.3 is 25.6 Å². The van der Waals surface area contributed by atoms with Gasteiger partial charge in [0.05, 0.1) is 5.69 Å². The first kappa shape index (κ1) is 21.2. The monoisotopic (exact) mass is 404 g/mol. The van der Waals surface area contributed by atoms with E-state index in [1.54, 1.807) is 24.3 Å². The summed E-state index contributed by atoms with van der Waals surface area (Å²) in [4.78, 5) is 3.99. The average molecular weight is 404 g/mol. The Morgan fingerprint density at radius 3 is 2.60 bits per heavy atom. The lowest BCUT2D eigenvalue weighted by molar-refractivity contribution is -0.251. The summed E-state index contributed by atoms with van der Waals surface area (Å²) in [7, 11) is 0.